The van der Waals surface area contributed by atoms with E-state index in [1.165, 1.54) is 11.1 Å². The molecule has 0 spiro atoms. The first-order chi connectivity index (χ1) is 26.6. The fourth-order valence-corrected chi connectivity index (χ4v) is 9.21. The number of likely N-dealkylation sites (tertiary alicyclic amines) is 1. The lowest BCUT2D eigenvalue weighted by Gasteiger charge is -2.43. The van der Waals surface area contributed by atoms with E-state index in [4.69, 9.17) is 0 Å². The maximum absolute atomic E-state index is 13.0. The summed E-state index contributed by atoms with van der Waals surface area (Å²) in [4.78, 5) is 15.4. The number of Topliss-reactive ketones (excluding diaryl/α,β-unsaturated/α-hetero) is 1. The number of nitrogens with zero attached hydrogens (tertiary/aromatic N) is 1. The van der Waals surface area contributed by atoms with Gasteiger partial charge < -0.3 is 20.4 Å². The summed E-state index contributed by atoms with van der Waals surface area (Å²) in [7, 11) is 0. The van der Waals surface area contributed by atoms with Crippen LogP contribution in [0.1, 0.15) is 109 Å². The molecule has 2 aliphatic heterocycles. The van der Waals surface area contributed by atoms with Crippen molar-refractivity contribution in [1.29, 1.82) is 0 Å². The molecule has 5 aromatic carbocycles. The van der Waals surface area contributed by atoms with Crippen molar-refractivity contribution < 1.29 is 15.0 Å². The predicted octanol–water partition coefficient (Wildman–Crippen LogP) is 9.57. The molecular weight excluding hydrogens is 677 g/mol. The minimum atomic E-state index is -1.12. The van der Waals surface area contributed by atoms with Crippen molar-refractivity contribution in [2.45, 2.75) is 82.0 Å². The molecule has 0 aromatic heterocycles. The minimum Gasteiger partial charge on any atom is -0.380 e. The lowest BCUT2D eigenvalue weighted by atomic mass is 9.70. The summed E-state index contributed by atoms with van der Waals surface area (Å²) in [5.41, 5.74) is 4.76. The Morgan fingerprint density at radius 3 is 1.60 bits per heavy atom. The molecule has 2 heterocycles. The Kier molecular flexibility index (Phi) is 11.9. The minimum absolute atomic E-state index is 0.0211. The zero-order valence-corrected chi connectivity index (χ0v) is 32.8. The molecule has 3 N–H and O–H groups in total. The van der Waals surface area contributed by atoms with Crippen LogP contribution in [0, 0.1) is 11.8 Å². The van der Waals surface area contributed by atoms with Crippen molar-refractivity contribution in [2.24, 2.45) is 11.8 Å². The zero-order chi connectivity index (χ0) is 38.5. The van der Waals surface area contributed by atoms with Gasteiger partial charge in [0.05, 0.1) is 0 Å². The molecule has 3 unspecified atom stereocenters. The first kappa shape index (κ1) is 38.9. The van der Waals surface area contributed by atoms with Crippen molar-refractivity contribution in [2.75, 3.05) is 26.2 Å². The van der Waals surface area contributed by atoms with Crippen LogP contribution in [-0.4, -0.2) is 47.1 Å². The van der Waals surface area contributed by atoms with Gasteiger partial charge in [-0.1, -0.05) is 160 Å². The molecule has 0 aliphatic carbocycles. The van der Waals surface area contributed by atoms with Crippen LogP contribution < -0.4 is 5.32 Å². The lowest BCUT2D eigenvalue weighted by molar-refractivity contribution is -0.0143. The van der Waals surface area contributed by atoms with Crippen LogP contribution in [0.2, 0.25) is 0 Å². The first-order valence-corrected chi connectivity index (χ1v) is 20.4. The van der Waals surface area contributed by atoms with Gasteiger partial charge in [0.2, 0.25) is 0 Å². The quantitative estimate of drug-likeness (QED) is 0.111. The summed E-state index contributed by atoms with van der Waals surface area (Å²) in [6.07, 6.45) is 4.78. The Balaban J connectivity index is 1.02. The number of benzene rings is 5. The van der Waals surface area contributed by atoms with Gasteiger partial charge in [0, 0.05) is 18.0 Å². The van der Waals surface area contributed by atoms with E-state index < -0.39 is 11.2 Å². The molecule has 2 saturated heterocycles. The SMILES string of the molecule is CC(C)(C)c1ccc(C(=O)CCCN2CCC(C(O)(c3ccccc3)c3ccc(C4CC(C(O)(c5ccccc5)c5ccccc5)CCN4)cc3)CC2)cc1. The van der Waals surface area contributed by atoms with Gasteiger partial charge in [0.25, 0.3) is 0 Å². The summed E-state index contributed by atoms with van der Waals surface area (Å²) in [5.74, 6) is 0.288. The van der Waals surface area contributed by atoms with Gasteiger partial charge in [-0.3, -0.25) is 4.79 Å². The number of rotatable bonds is 12. The molecule has 5 nitrogen and oxygen atoms in total. The Morgan fingerprint density at radius 1 is 0.618 bits per heavy atom. The fraction of sp³-hybridized carbons (Fsp3) is 0.380. The molecule has 0 saturated carbocycles. The Hall–Kier alpha value is -4.39. The van der Waals surface area contributed by atoms with Crippen molar-refractivity contribution >= 4 is 5.78 Å². The van der Waals surface area contributed by atoms with Gasteiger partial charge in [0.15, 0.2) is 5.78 Å². The molecule has 7 rings (SSSR count). The molecule has 2 fully saturated rings. The molecule has 5 aromatic rings. The number of hydrogen-bond acceptors (Lipinski definition) is 5. The van der Waals surface area contributed by atoms with E-state index in [9.17, 15) is 15.0 Å². The summed E-state index contributed by atoms with van der Waals surface area (Å²) in [6.45, 7) is 10.1. The van der Waals surface area contributed by atoms with Gasteiger partial charge in [-0.2, -0.15) is 0 Å². The third-order valence-electron chi connectivity index (χ3n) is 12.5. The highest BCUT2D eigenvalue weighted by Crippen LogP contribution is 2.46. The largest absolute Gasteiger partial charge is 0.380 e. The van der Waals surface area contributed by atoms with Crippen LogP contribution in [0.15, 0.2) is 140 Å². The molecule has 5 heteroatoms. The van der Waals surface area contributed by atoms with Gasteiger partial charge in [-0.15, -0.1) is 0 Å². The van der Waals surface area contributed by atoms with E-state index in [-0.39, 0.29) is 29.1 Å². The zero-order valence-electron chi connectivity index (χ0n) is 32.8. The van der Waals surface area contributed by atoms with Crippen LogP contribution in [0.4, 0.5) is 0 Å². The highest BCUT2D eigenvalue weighted by atomic mass is 16.3. The number of carbonyl (C=O) groups is 1. The molecule has 0 radical (unpaired) electrons. The van der Waals surface area contributed by atoms with E-state index in [0.717, 1.165) is 86.1 Å². The smallest absolute Gasteiger partial charge is 0.162 e. The van der Waals surface area contributed by atoms with Crippen molar-refractivity contribution in [3.63, 3.8) is 0 Å². The van der Waals surface area contributed by atoms with Gasteiger partial charge in [-0.05, 0) is 109 Å². The number of hydrogen-bond donors (Lipinski definition) is 3. The number of nitrogens with one attached hydrogen (secondary N) is 1. The van der Waals surface area contributed by atoms with Crippen LogP contribution in [0.25, 0.3) is 0 Å². The third kappa shape index (κ3) is 8.41. The van der Waals surface area contributed by atoms with Crippen molar-refractivity contribution in [3.8, 4) is 0 Å². The van der Waals surface area contributed by atoms with Crippen LogP contribution in [-0.2, 0) is 16.6 Å². The second-order valence-corrected chi connectivity index (χ2v) is 17.0. The third-order valence-corrected chi connectivity index (χ3v) is 12.5. The summed E-state index contributed by atoms with van der Waals surface area (Å²) < 4.78 is 0. The maximum atomic E-state index is 13.0. The van der Waals surface area contributed by atoms with Crippen molar-refractivity contribution in [3.05, 3.63) is 178 Å². The standard InChI is InChI=1S/C50H58N2O3/c1-48(2,3)39-25-23-38(24-26-39)47(53)20-13-33-52-34-30-44(31-35-52)49(54,40-14-7-4-8-15-40)43-27-21-37(22-28-43)46-36-45(29-32-51-46)50(55,41-16-9-5-10-17-41)42-18-11-6-12-19-42/h4-12,14-19,21-28,44-46,51,54-55H,13,20,29-36H2,1-3H3. The molecular formula is C50H58N2O3. The number of aliphatic hydroxyl groups is 2. The van der Waals surface area contributed by atoms with E-state index in [2.05, 4.69) is 79.5 Å². The van der Waals surface area contributed by atoms with E-state index in [1.54, 1.807) is 0 Å². The topological polar surface area (TPSA) is 72.8 Å². The van der Waals surface area contributed by atoms with Crippen molar-refractivity contribution in [1.82, 2.24) is 10.2 Å². The number of ketones is 1. The monoisotopic (exact) mass is 734 g/mol. The fourth-order valence-electron chi connectivity index (χ4n) is 9.21. The van der Waals surface area contributed by atoms with E-state index in [1.807, 2.05) is 91.0 Å². The highest BCUT2D eigenvalue weighted by molar-refractivity contribution is 5.96. The average molecular weight is 735 g/mol. The summed E-state index contributed by atoms with van der Waals surface area (Å²) in [6, 6.07) is 47.2. The van der Waals surface area contributed by atoms with E-state index in [0.29, 0.717) is 6.42 Å². The Labute approximate surface area is 328 Å². The van der Waals surface area contributed by atoms with Crippen LogP contribution >= 0.6 is 0 Å². The summed E-state index contributed by atoms with van der Waals surface area (Å²) >= 11 is 0. The van der Waals surface area contributed by atoms with Gasteiger partial charge in [0.1, 0.15) is 11.2 Å². The molecule has 55 heavy (non-hydrogen) atoms. The molecule has 2 aliphatic rings. The molecule has 286 valence electrons. The normalized spacial score (nSPS) is 19.8. The Morgan fingerprint density at radius 2 is 1.09 bits per heavy atom. The predicted molar refractivity (Wildman–Crippen MR) is 223 cm³/mol. The molecule has 0 amide bonds. The number of carbonyl (C=O) groups excluding carboxylic acids is 1. The van der Waals surface area contributed by atoms with E-state index >= 15 is 0 Å². The lowest BCUT2D eigenvalue weighted by Crippen LogP contribution is -2.44. The van der Waals surface area contributed by atoms with Crippen LogP contribution in [0.3, 0.4) is 0 Å². The maximum Gasteiger partial charge on any atom is 0.162 e. The first-order valence-electron chi connectivity index (χ1n) is 20.4. The second kappa shape index (κ2) is 16.8. The average Bonchev–Trinajstić information content (AvgIpc) is 3.24. The van der Waals surface area contributed by atoms with Gasteiger partial charge >= 0.3 is 0 Å². The Bertz CT molecular complexity index is 1930. The van der Waals surface area contributed by atoms with Crippen LogP contribution in [0.5, 0.6) is 0 Å². The van der Waals surface area contributed by atoms with Gasteiger partial charge in [-0.25, -0.2) is 0 Å². The second-order valence-electron chi connectivity index (χ2n) is 17.0. The molecule has 0 bridgehead atoms. The molecule has 3 atom stereocenters. The number of piperidine rings is 2. The highest BCUT2D eigenvalue weighted by Gasteiger charge is 2.44. The summed E-state index contributed by atoms with van der Waals surface area (Å²) in [5, 5.41) is 29.1.